The van der Waals surface area contributed by atoms with Crippen molar-refractivity contribution in [3.63, 3.8) is 0 Å². The highest BCUT2D eigenvalue weighted by Crippen LogP contribution is 2.31. The number of nitrogens with two attached hydrogens (primary N) is 1. The molecule has 3 heteroatoms. The van der Waals surface area contributed by atoms with E-state index < -0.39 is 0 Å². The molecule has 0 aromatic heterocycles. The smallest absolute Gasteiger partial charge is 0.0422 e. The molecule has 14 heavy (non-hydrogen) atoms. The summed E-state index contributed by atoms with van der Waals surface area (Å²) in [5, 5.41) is 3.23. The van der Waals surface area contributed by atoms with Crippen molar-refractivity contribution < 1.29 is 0 Å². The lowest BCUT2D eigenvalue weighted by atomic mass is 9.84. The lowest BCUT2D eigenvalue weighted by Crippen LogP contribution is -2.49. The number of rotatable bonds is 2. The Balaban J connectivity index is 2.93. The monoisotopic (exact) mass is 197 g/mol. The van der Waals surface area contributed by atoms with Crippen molar-refractivity contribution in [2.75, 3.05) is 20.1 Å². The van der Waals surface area contributed by atoms with E-state index in [-0.39, 0.29) is 5.41 Å². The second-order valence-corrected chi connectivity index (χ2v) is 5.03. The molecular weight excluding hydrogens is 174 g/mol. The molecule has 0 saturated carbocycles. The van der Waals surface area contributed by atoms with Crippen LogP contribution in [-0.2, 0) is 0 Å². The van der Waals surface area contributed by atoms with Gasteiger partial charge in [0.15, 0.2) is 0 Å². The Morgan fingerprint density at radius 3 is 2.36 bits per heavy atom. The molecule has 1 rings (SSSR count). The molecule has 0 aromatic carbocycles. The van der Waals surface area contributed by atoms with E-state index in [1.807, 2.05) is 7.05 Å². The summed E-state index contributed by atoms with van der Waals surface area (Å²) in [5.74, 6) is 0. The Morgan fingerprint density at radius 1 is 1.43 bits per heavy atom. The van der Waals surface area contributed by atoms with E-state index in [2.05, 4.69) is 37.9 Å². The van der Waals surface area contributed by atoms with Crippen molar-refractivity contribution in [3.05, 3.63) is 11.4 Å². The summed E-state index contributed by atoms with van der Waals surface area (Å²) in [7, 11) is 1.95. The predicted molar refractivity (Wildman–Crippen MR) is 60.8 cm³/mol. The van der Waals surface area contributed by atoms with Crippen LogP contribution in [0.4, 0.5) is 0 Å². The first-order chi connectivity index (χ1) is 6.38. The Kier molecular flexibility index (Phi) is 3.10. The second-order valence-electron chi connectivity index (χ2n) is 5.03. The fourth-order valence-corrected chi connectivity index (χ4v) is 2.24. The van der Waals surface area contributed by atoms with Gasteiger partial charge in [0.05, 0.1) is 0 Å². The van der Waals surface area contributed by atoms with Crippen molar-refractivity contribution in [1.29, 1.82) is 0 Å². The van der Waals surface area contributed by atoms with Gasteiger partial charge >= 0.3 is 0 Å². The number of nitrogens with zero attached hydrogens (tertiary/aromatic N) is 1. The second kappa shape index (κ2) is 3.81. The van der Waals surface area contributed by atoms with Gasteiger partial charge in [0.1, 0.15) is 0 Å². The molecule has 1 aliphatic rings. The third-order valence-corrected chi connectivity index (χ3v) is 2.95. The first-order valence-corrected chi connectivity index (χ1v) is 5.29. The third kappa shape index (κ3) is 2.03. The van der Waals surface area contributed by atoms with Crippen LogP contribution in [0, 0.1) is 5.41 Å². The van der Waals surface area contributed by atoms with Gasteiger partial charge in [-0.25, -0.2) is 0 Å². The Labute approximate surface area is 87.3 Å². The van der Waals surface area contributed by atoms with Crippen molar-refractivity contribution >= 4 is 0 Å². The number of nitrogens with one attached hydrogen (secondary N) is 1. The van der Waals surface area contributed by atoms with Crippen LogP contribution < -0.4 is 11.1 Å². The molecule has 0 aliphatic carbocycles. The minimum atomic E-state index is 0.140. The molecule has 0 unspecified atom stereocenters. The average molecular weight is 197 g/mol. The minimum absolute atomic E-state index is 0.140. The maximum Gasteiger partial charge on any atom is 0.0422 e. The number of hydrogen-bond donors (Lipinski definition) is 2. The molecule has 0 aromatic rings. The molecular formula is C11H23N3. The fraction of sp³-hybridized carbons (Fsp3) is 0.818. The average Bonchev–Trinajstić information content (AvgIpc) is 2.01. The molecule has 0 spiro atoms. The quantitative estimate of drug-likeness (QED) is 0.697. The van der Waals surface area contributed by atoms with Crippen molar-refractivity contribution in [2.45, 2.75) is 33.7 Å². The SMILES string of the molecule is CNC1=C(N)CN(C(C)C)CC1(C)C. The molecule has 1 aliphatic heterocycles. The third-order valence-electron chi connectivity index (χ3n) is 2.95. The van der Waals surface area contributed by atoms with Gasteiger partial charge in [0.25, 0.3) is 0 Å². The lowest BCUT2D eigenvalue weighted by molar-refractivity contribution is 0.152. The van der Waals surface area contributed by atoms with E-state index in [9.17, 15) is 0 Å². The molecule has 0 bridgehead atoms. The highest BCUT2D eigenvalue weighted by atomic mass is 15.2. The molecule has 0 amide bonds. The summed E-state index contributed by atoms with van der Waals surface area (Å²) < 4.78 is 0. The molecule has 0 saturated heterocycles. The van der Waals surface area contributed by atoms with Gasteiger partial charge in [-0.2, -0.15) is 0 Å². The molecule has 0 atom stereocenters. The summed E-state index contributed by atoms with van der Waals surface area (Å²) in [5.41, 5.74) is 8.40. The summed E-state index contributed by atoms with van der Waals surface area (Å²) in [6.07, 6.45) is 0. The first-order valence-electron chi connectivity index (χ1n) is 5.29. The largest absolute Gasteiger partial charge is 0.400 e. The van der Waals surface area contributed by atoms with Crippen LogP contribution in [0.3, 0.4) is 0 Å². The van der Waals surface area contributed by atoms with E-state index in [4.69, 9.17) is 5.73 Å². The van der Waals surface area contributed by atoms with Crippen molar-refractivity contribution in [2.24, 2.45) is 11.1 Å². The van der Waals surface area contributed by atoms with Crippen LogP contribution in [0.25, 0.3) is 0 Å². The zero-order chi connectivity index (χ0) is 10.9. The number of hydrogen-bond acceptors (Lipinski definition) is 3. The highest BCUT2D eigenvalue weighted by molar-refractivity contribution is 5.22. The summed E-state index contributed by atoms with van der Waals surface area (Å²) in [6.45, 7) is 10.9. The van der Waals surface area contributed by atoms with Gasteiger partial charge < -0.3 is 11.1 Å². The van der Waals surface area contributed by atoms with Crippen LogP contribution in [0.1, 0.15) is 27.7 Å². The fourth-order valence-electron chi connectivity index (χ4n) is 2.24. The van der Waals surface area contributed by atoms with Crippen molar-refractivity contribution in [3.8, 4) is 0 Å². The zero-order valence-electron chi connectivity index (χ0n) is 10.0. The maximum absolute atomic E-state index is 6.07. The highest BCUT2D eigenvalue weighted by Gasteiger charge is 2.33. The van der Waals surface area contributed by atoms with Gasteiger partial charge in [-0.05, 0) is 13.8 Å². The van der Waals surface area contributed by atoms with Crippen LogP contribution in [0.15, 0.2) is 11.4 Å². The van der Waals surface area contributed by atoms with Crippen LogP contribution >= 0.6 is 0 Å². The van der Waals surface area contributed by atoms with E-state index in [1.165, 1.54) is 5.70 Å². The molecule has 0 radical (unpaired) electrons. The normalized spacial score (nSPS) is 23.0. The minimum Gasteiger partial charge on any atom is -0.400 e. The molecule has 82 valence electrons. The summed E-state index contributed by atoms with van der Waals surface area (Å²) >= 11 is 0. The summed E-state index contributed by atoms with van der Waals surface area (Å²) in [4.78, 5) is 2.41. The van der Waals surface area contributed by atoms with Crippen LogP contribution in [0.5, 0.6) is 0 Å². The standard InChI is InChI=1S/C11H23N3/c1-8(2)14-6-9(12)10(13-5)11(3,4)7-14/h8,13H,6-7,12H2,1-5H3. The van der Waals surface area contributed by atoms with Crippen molar-refractivity contribution in [1.82, 2.24) is 10.2 Å². The Morgan fingerprint density at radius 2 is 2.00 bits per heavy atom. The van der Waals surface area contributed by atoms with Crippen LogP contribution in [-0.4, -0.2) is 31.1 Å². The lowest BCUT2D eigenvalue weighted by Gasteiger charge is -2.42. The van der Waals surface area contributed by atoms with E-state index in [0.717, 1.165) is 18.8 Å². The topological polar surface area (TPSA) is 41.3 Å². The van der Waals surface area contributed by atoms with E-state index >= 15 is 0 Å². The summed E-state index contributed by atoms with van der Waals surface area (Å²) in [6, 6.07) is 0.561. The first kappa shape index (κ1) is 11.4. The molecule has 3 nitrogen and oxygen atoms in total. The van der Waals surface area contributed by atoms with Gasteiger partial charge in [0.2, 0.25) is 0 Å². The van der Waals surface area contributed by atoms with E-state index in [1.54, 1.807) is 0 Å². The van der Waals surface area contributed by atoms with Crippen LogP contribution in [0.2, 0.25) is 0 Å². The van der Waals surface area contributed by atoms with Gasteiger partial charge in [-0.1, -0.05) is 13.8 Å². The van der Waals surface area contributed by atoms with E-state index in [0.29, 0.717) is 6.04 Å². The van der Waals surface area contributed by atoms with Gasteiger partial charge in [0, 0.05) is 43.0 Å². The van der Waals surface area contributed by atoms with Gasteiger partial charge in [-0.15, -0.1) is 0 Å². The molecule has 3 N–H and O–H groups in total. The molecule has 1 heterocycles. The molecule has 0 fully saturated rings. The predicted octanol–water partition coefficient (Wildman–Crippen LogP) is 1.13. The Bertz CT molecular complexity index is 241. The maximum atomic E-state index is 6.07. The van der Waals surface area contributed by atoms with Gasteiger partial charge in [-0.3, -0.25) is 4.90 Å². The zero-order valence-corrected chi connectivity index (χ0v) is 10.0. The Hall–Kier alpha value is -0.700.